The number of nitrogens with one attached hydrogen (secondary N) is 1. The molecule has 2 atom stereocenters. The highest BCUT2D eigenvalue weighted by Crippen LogP contribution is 2.44. The molecule has 1 saturated heterocycles. The molecule has 2 fully saturated rings. The van der Waals surface area contributed by atoms with Crippen LogP contribution < -0.4 is 5.32 Å². The molecule has 150 valence electrons. The van der Waals surface area contributed by atoms with Gasteiger partial charge in [-0.3, -0.25) is 9.55 Å². The van der Waals surface area contributed by atoms with Crippen LogP contribution in [0.1, 0.15) is 60.4 Å². The molecule has 3 aromatic rings. The summed E-state index contributed by atoms with van der Waals surface area (Å²) >= 11 is 7.53. The lowest BCUT2D eigenvalue weighted by molar-refractivity contribution is 0.245. The van der Waals surface area contributed by atoms with E-state index in [0.717, 1.165) is 15.9 Å². The van der Waals surface area contributed by atoms with Crippen LogP contribution in [0.2, 0.25) is 0 Å². The first-order valence-corrected chi connectivity index (χ1v) is 11.5. The Bertz CT molecular complexity index is 1010. The maximum Gasteiger partial charge on any atom is 0.193 e. The van der Waals surface area contributed by atoms with E-state index in [4.69, 9.17) is 12.2 Å². The van der Waals surface area contributed by atoms with E-state index in [1.165, 1.54) is 42.6 Å². The Labute approximate surface area is 180 Å². The zero-order chi connectivity index (χ0) is 20.0. The van der Waals surface area contributed by atoms with Gasteiger partial charge < -0.3 is 10.2 Å². The molecule has 3 aromatic heterocycles. The van der Waals surface area contributed by atoms with Gasteiger partial charge in [0.15, 0.2) is 10.2 Å². The maximum atomic E-state index is 5.86. The monoisotopic (exact) mass is 423 g/mol. The summed E-state index contributed by atoms with van der Waals surface area (Å²) in [6.45, 7) is 4.36. The molecule has 4 heterocycles. The first-order valence-electron chi connectivity index (χ1n) is 10.2. The summed E-state index contributed by atoms with van der Waals surface area (Å²) < 4.78 is 2.27. The van der Waals surface area contributed by atoms with E-state index in [1.807, 2.05) is 23.8 Å². The van der Waals surface area contributed by atoms with E-state index < -0.39 is 0 Å². The van der Waals surface area contributed by atoms with E-state index in [2.05, 4.69) is 56.8 Å². The number of hydrogen-bond donors (Lipinski definition) is 1. The first-order chi connectivity index (χ1) is 14.1. The molecule has 5 rings (SSSR count). The summed E-state index contributed by atoms with van der Waals surface area (Å²) in [5, 5.41) is 7.51. The average molecular weight is 424 g/mol. The number of aryl methyl sites for hydroxylation is 1. The Morgan fingerprint density at radius 3 is 2.66 bits per heavy atom. The molecule has 2 unspecified atom stereocenters. The fourth-order valence-corrected chi connectivity index (χ4v) is 6.12. The fraction of sp³-hybridized carbons (Fsp3) is 0.409. The molecule has 1 saturated carbocycles. The fourth-order valence-electron chi connectivity index (χ4n) is 4.98. The van der Waals surface area contributed by atoms with Gasteiger partial charge in [0.25, 0.3) is 0 Å². The standard InChI is InChI=1S/C22H25N5S2/c1-14-13-17(15(2)26(14)22-24-11-12-29-22)20-19(18-9-5-6-10-23-18)25-21(28)27(20)16-7-3-4-8-16/h5-6,9-13,16,19-20H,3-4,7-8H2,1-2H3,(H,25,28). The number of thiazole rings is 1. The van der Waals surface area contributed by atoms with E-state index >= 15 is 0 Å². The normalized spacial score (nSPS) is 22.4. The number of aromatic nitrogens is 3. The van der Waals surface area contributed by atoms with Crippen LogP contribution in [0.5, 0.6) is 0 Å². The molecular formula is C22H25N5S2. The highest BCUT2D eigenvalue weighted by atomic mass is 32.1. The molecule has 1 N–H and O–H groups in total. The minimum absolute atomic E-state index is 0.0505. The van der Waals surface area contributed by atoms with Gasteiger partial charge in [-0.2, -0.15) is 0 Å². The maximum absolute atomic E-state index is 5.86. The molecule has 2 aliphatic rings. The quantitative estimate of drug-likeness (QED) is 0.607. The first kappa shape index (κ1) is 18.8. The van der Waals surface area contributed by atoms with Gasteiger partial charge in [0.05, 0.1) is 17.8 Å². The topological polar surface area (TPSA) is 46.0 Å². The lowest BCUT2D eigenvalue weighted by Crippen LogP contribution is -2.37. The van der Waals surface area contributed by atoms with Gasteiger partial charge in [-0.15, -0.1) is 11.3 Å². The van der Waals surface area contributed by atoms with Gasteiger partial charge >= 0.3 is 0 Å². The van der Waals surface area contributed by atoms with Crippen molar-refractivity contribution >= 4 is 28.7 Å². The molecular weight excluding hydrogens is 398 g/mol. The third-order valence-electron chi connectivity index (χ3n) is 6.25. The molecule has 0 amide bonds. The van der Waals surface area contributed by atoms with Crippen LogP contribution in [0.3, 0.4) is 0 Å². The third-order valence-corrected chi connectivity index (χ3v) is 7.34. The summed E-state index contributed by atoms with van der Waals surface area (Å²) in [7, 11) is 0. The zero-order valence-electron chi connectivity index (χ0n) is 16.7. The SMILES string of the molecule is Cc1cc(C2C(c3ccccn3)NC(=S)N2C2CCCC2)c(C)n1-c1nccs1. The van der Waals surface area contributed by atoms with Crippen molar-refractivity contribution < 1.29 is 0 Å². The Balaban J connectivity index is 1.64. The van der Waals surface area contributed by atoms with Gasteiger partial charge in [-0.25, -0.2) is 4.98 Å². The highest BCUT2D eigenvalue weighted by Gasteiger charge is 2.44. The van der Waals surface area contributed by atoms with Crippen molar-refractivity contribution in [1.29, 1.82) is 0 Å². The number of pyridine rings is 1. The van der Waals surface area contributed by atoms with Gasteiger partial charge in [0.1, 0.15) is 0 Å². The second-order valence-electron chi connectivity index (χ2n) is 7.95. The number of thiocarbonyl (C=S) groups is 1. The van der Waals surface area contributed by atoms with Gasteiger partial charge in [0, 0.05) is 35.2 Å². The second-order valence-corrected chi connectivity index (χ2v) is 9.21. The van der Waals surface area contributed by atoms with Crippen molar-refractivity contribution in [3.8, 4) is 5.13 Å². The Kier molecular flexibility index (Phi) is 4.87. The Hall–Kier alpha value is -2.25. The predicted molar refractivity (Wildman–Crippen MR) is 120 cm³/mol. The summed E-state index contributed by atoms with van der Waals surface area (Å²) in [6, 6.07) is 9.13. The molecule has 0 bridgehead atoms. The largest absolute Gasteiger partial charge is 0.352 e. The van der Waals surface area contributed by atoms with Crippen molar-refractivity contribution in [2.24, 2.45) is 0 Å². The van der Waals surface area contributed by atoms with Crippen LogP contribution in [-0.2, 0) is 0 Å². The van der Waals surface area contributed by atoms with Crippen molar-refractivity contribution in [2.45, 2.75) is 57.7 Å². The molecule has 0 aromatic carbocycles. The van der Waals surface area contributed by atoms with Gasteiger partial charge in [0.2, 0.25) is 0 Å². The molecule has 5 nitrogen and oxygen atoms in total. The lowest BCUT2D eigenvalue weighted by Gasteiger charge is -2.33. The van der Waals surface area contributed by atoms with Crippen LogP contribution in [0.25, 0.3) is 5.13 Å². The summed E-state index contributed by atoms with van der Waals surface area (Å²) in [5.74, 6) is 0. The number of nitrogens with zero attached hydrogens (tertiary/aromatic N) is 4. The van der Waals surface area contributed by atoms with Crippen LogP contribution in [0, 0.1) is 13.8 Å². The van der Waals surface area contributed by atoms with Crippen molar-refractivity contribution in [3.05, 3.63) is 64.7 Å². The van der Waals surface area contributed by atoms with E-state index in [9.17, 15) is 0 Å². The van der Waals surface area contributed by atoms with Crippen molar-refractivity contribution in [3.63, 3.8) is 0 Å². The zero-order valence-corrected chi connectivity index (χ0v) is 18.3. The van der Waals surface area contributed by atoms with E-state index in [1.54, 1.807) is 11.3 Å². The molecule has 7 heteroatoms. The Morgan fingerprint density at radius 1 is 1.14 bits per heavy atom. The molecule has 1 aliphatic heterocycles. The molecule has 0 spiro atoms. The van der Waals surface area contributed by atoms with Gasteiger partial charge in [-0.1, -0.05) is 18.9 Å². The summed E-state index contributed by atoms with van der Waals surface area (Å²) in [4.78, 5) is 11.7. The van der Waals surface area contributed by atoms with Crippen LogP contribution in [0.15, 0.2) is 42.0 Å². The van der Waals surface area contributed by atoms with Crippen LogP contribution >= 0.6 is 23.6 Å². The average Bonchev–Trinajstić information content (AvgIpc) is 3.50. The van der Waals surface area contributed by atoms with E-state index in [0.29, 0.717) is 6.04 Å². The second kappa shape index (κ2) is 7.54. The minimum atomic E-state index is 0.0505. The predicted octanol–water partition coefficient (Wildman–Crippen LogP) is 4.86. The molecule has 29 heavy (non-hydrogen) atoms. The summed E-state index contributed by atoms with van der Waals surface area (Å²) in [6.07, 6.45) is 8.71. The van der Waals surface area contributed by atoms with Gasteiger partial charge in [-0.05, 0) is 62.7 Å². The lowest BCUT2D eigenvalue weighted by atomic mass is 9.95. The van der Waals surface area contributed by atoms with Crippen molar-refractivity contribution in [2.75, 3.05) is 0 Å². The number of hydrogen-bond acceptors (Lipinski definition) is 4. The Morgan fingerprint density at radius 2 is 1.97 bits per heavy atom. The minimum Gasteiger partial charge on any atom is -0.352 e. The van der Waals surface area contributed by atoms with E-state index in [-0.39, 0.29) is 12.1 Å². The highest BCUT2D eigenvalue weighted by molar-refractivity contribution is 7.80. The van der Waals surface area contributed by atoms with Crippen molar-refractivity contribution in [1.82, 2.24) is 24.8 Å². The third kappa shape index (κ3) is 3.16. The molecule has 1 aliphatic carbocycles. The van der Waals surface area contributed by atoms with Crippen LogP contribution in [-0.4, -0.2) is 30.6 Å². The van der Waals surface area contributed by atoms with Crippen LogP contribution in [0.4, 0.5) is 0 Å². The molecule has 0 radical (unpaired) electrons. The summed E-state index contributed by atoms with van der Waals surface area (Å²) in [5.41, 5.74) is 4.79. The number of rotatable bonds is 4. The smallest absolute Gasteiger partial charge is 0.193 e.